The van der Waals surface area contributed by atoms with Crippen molar-refractivity contribution in [2.24, 2.45) is 0 Å². The van der Waals surface area contributed by atoms with Crippen LogP contribution in [0.1, 0.15) is 17.3 Å². The lowest BCUT2D eigenvalue weighted by Crippen LogP contribution is -2.27. The molecule has 0 atom stereocenters. The zero-order chi connectivity index (χ0) is 17.5. The van der Waals surface area contributed by atoms with Crippen LogP contribution in [0.25, 0.3) is 11.5 Å². The molecule has 128 valence electrons. The highest BCUT2D eigenvalue weighted by Crippen LogP contribution is 2.13. The van der Waals surface area contributed by atoms with Crippen molar-refractivity contribution in [2.45, 2.75) is 13.5 Å². The molecule has 3 rings (SSSR count). The van der Waals surface area contributed by atoms with Gasteiger partial charge in [-0.15, -0.1) is 0 Å². The second-order valence-corrected chi connectivity index (χ2v) is 5.23. The number of pyridine rings is 2. The van der Waals surface area contributed by atoms with Gasteiger partial charge in [-0.05, 0) is 25.1 Å². The van der Waals surface area contributed by atoms with E-state index in [2.05, 4.69) is 20.3 Å². The van der Waals surface area contributed by atoms with Gasteiger partial charge in [-0.2, -0.15) is 0 Å². The van der Waals surface area contributed by atoms with Gasteiger partial charge in [0, 0.05) is 43.9 Å². The minimum Gasteiger partial charge on any atom is -0.478 e. The van der Waals surface area contributed by atoms with Crippen LogP contribution in [0, 0.1) is 0 Å². The van der Waals surface area contributed by atoms with Crippen LogP contribution < -0.4 is 10.1 Å². The molecule has 0 saturated heterocycles. The number of hydrogen-bond acceptors (Lipinski definition) is 5. The van der Waals surface area contributed by atoms with E-state index in [0.717, 1.165) is 11.5 Å². The summed E-state index contributed by atoms with van der Waals surface area (Å²) in [5.41, 5.74) is 1.30. The van der Waals surface area contributed by atoms with Crippen LogP contribution in [0.15, 0.2) is 55.1 Å². The van der Waals surface area contributed by atoms with Crippen molar-refractivity contribution in [2.75, 3.05) is 13.2 Å². The number of nitrogens with zero attached hydrogens (tertiary/aromatic N) is 4. The van der Waals surface area contributed by atoms with Gasteiger partial charge in [-0.3, -0.25) is 9.78 Å². The molecule has 0 aliphatic heterocycles. The smallest absolute Gasteiger partial charge is 0.252 e. The summed E-state index contributed by atoms with van der Waals surface area (Å²) in [5, 5.41) is 2.88. The first-order chi connectivity index (χ1) is 12.3. The highest BCUT2D eigenvalue weighted by atomic mass is 16.5. The molecule has 3 heterocycles. The lowest BCUT2D eigenvalue weighted by atomic mass is 10.2. The Balaban J connectivity index is 1.56. The van der Waals surface area contributed by atoms with Crippen molar-refractivity contribution >= 4 is 5.91 Å². The molecule has 3 aromatic heterocycles. The maximum absolute atomic E-state index is 12.2. The topological polar surface area (TPSA) is 81.9 Å². The fourth-order valence-electron chi connectivity index (χ4n) is 2.36. The van der Waals surface area contributed by atoms with E-state index in [1.54, 1.807) is 24.5 Å². The van der Waals surface area contributed by atoms with E-state index in [1.165, 1.54) is 6.20 Å². The Morgan fingerprint density at radius 2 is 2.08 bits per heavy atom. The predicted octanol–water partition coefficient (Wildman–Crippen LogP) is 2.17. The summed E-state index contributed by atoms with van der Waals surface area (Å²) in [6.07, 6.45) is 6.84. The number of rotatable bonds is 7. The summed E-state index contributed by atoms with van der Waals surface area (Å²) in [4.78, 5) is 24.9. The number of ether oxygens (including phenoxy) is 1. The lowest BCUT2D eigenvalue weighted by Gasteiger charge is -2.09. The fraction of sp³-hybridized carbons (Fsp3) is 0.222. The van der Waals surface area contributed by atoms with Crippen LogP contribution in [0.5, 0.6) is 5.88 Å². The maximum atomic E-state index is 12.2. The summed E-state index contributed by atoms with van der Waals surface area (Å²) in [6, 6.07) is 9.07. The first-order valence-corrected chi connectivity index (χ1v) is 8.07. The van der Waals surface area contributed by atoms with Crippen molar-refractivity contribution < 1.29 is 9.53 Å². The van der Waals surface area contributed by atoms with Crippen LogP contribution in [0.3, 0.4) is 0 Å². The number of amides is 1. The second kappa shape index (κ2) is 8.05. The van der Waals surface area contributed by atoms with Crippen LogP contribution in [0.4, 0.5) is 0 Å². The van der Waals surface area contributed by atoms with Gasteiger partial charge in [-0.25, -0.2) is 9.97 Å². The Kier molecular flexibility index (Phi) is 5.36. The summed E-state index contributed by atoms with van der Waals surface area (Å²) >= 11 is 0. The van der Waals surface area contributed by atoms with E-state index in [0.29, 0.717) is 31.1 Å². The third-order valence-electron chi connectivity index (χ3n) is 3.54. The Morgan fingerprint density at radius 3 is 2.80 bits per heavy atom. The monoisotopic (exact) mass is 337 g/mol. The fourth-order valence-corrected chi connectivity index (χ4v) is 2.36. The molecule has 0 aliphatic rings. The largest absolute Gasteiger partial charge is 0.478 e. The maximum Gasteiger partial charge on any atom is 0.252 e. The van der Waals surface area contributed by atoms with Gasteiger partial charge < -0.3 is 14.6 Å². The molecule has 0 fully saturated rings. The predicted molar refractivity (Wildman–Crippen MR) is 93.2 cm³/mol. The molecule has 0 aromatic carbocycles. The molecule has 25 heavy (non-hydrogen) atoms. The normalized spacial score (nSPS) is 10.4. The van der Waals surface area contributed by atoms with Gasteiger partial charge >= 0.3 is 0 Å². The highest BCUT2D eigenvalue weighted by molar-refractivity contribution is 5.93. The molecule has 0 spiro atoms. The summed E-state index contributed by atoms with van der Waals surface area (Å²) < 4.78 is 7.22. The van der Waals surface area contributed by atoms with Gasteiger partial charge in [0.15, 0.2) is 5.82 Å². The number of carbonyl (C=O) groups excluding carboxylic acids is 1. The Labute approximate surface area is 145 Å². The third-order valence-corrected chi connectivity index (χ3v) is 3.54. The second-order valence-electron chi connectivity index (χ2n) is 5.23. The zero-order valence-corrected chi connectivity index (χ0v) is 13.9. The quantitative estimate of drug-likeness (QED) is 0.714. The van der Waals surface area contributed by atoms with Crippen molar-refractivity contribution in [3.8, 4) is 17.4 Å². The summed E-state index contributed by atoms with van der Waals surface area (Å²) in [6.45, 7) is 3.50. The Bertz CT molecular complexity index is 815. The van der Waals surface area contributed by atoms with Gasteiger partial charge in [-0.1, -0.05) is 6.07 Å². The van der Waals surface area contributed by atoms with Gasteiger partial charge in [0.05, 0.1) is 12.2 Å². The average Bonchev–Trinajstić information content (AvgIpc) is 3.12. The van der Waals surface area contributed by atoms with Crippen molar-refractivity contribution in [1.82, 2.24) is 24.8 Å². The zero-order valence-electron chi connectivity index (χ0n) is 13.9. The molecule has 7 heteroatoms. The molecule has 3 aromatic rings. The summed E-state index contributed by atoms with van der Waals surface area (Å²) in [7, 11) is 0. The van der Waals surface area contributed by atoms with Crippen molar-refractivity contribution in [1.29, 1.82) is 0 Å². The standard InChI is InChI=1S/C18H19N5O2/c1-2-25-16-7-6-14(13-22-16)18(24)21-10-12-23-11-9-20-17(23)15-5-3-4-8-19-15/h3-9,11,13H,2,10,12H2,1H3,(H,21,24). The van der Waals surface area contributed by atoms with Crippen LogP contribution in [0.2, 0.25) is 0 Å². The molecule has 0 aliphatic carbocycles. The number of imidazole rings is 1. The van der Waals surface area contributed by atoms with Gasteiger partial charge in [0.25, 0.3) is 5.91 Å². The molecular formula is C18H19N5O2. The van der Waals surface area contributed by atoms with Gasteiger partial charge in [0.1, 0.15) is 5.69 Å². The van der Waals surface area contributed by atoms with E-state index >= 15 is 0 Å². The Morgan fingerprint density at radius 1 is 1.16 bits per heavy atom. The molecule has 0 radical (unpaired) electrons. The number of nitrogens with one attached hydrogen (secondary N) is 1. The molecule has 0 unspecified atom stereocenters. The molecule has 1 amide bonds. The molecule has 0 bridgehead atoms. The van der Waals surface area contributed by atoms with E-state index in [-0.39, 0.29) is 5.91 Å². The van der Waals surface area contributed by atoms with E-state index in [9.17, 15) is 4.79 Å². The van der Waals surface area contributed by atoms with Crippen molar-refractivity contribution in [3.63, 3.8) is 0 Å². The highest BCUT2D eigenvalue weighted by Gasteiger charge is 2.09. The SMILES string of the molecule is CCOc1ccc(C(=O)NCCn2ccnc2-c2ccccn2)cn1. The minimum atomic E-state index is -0.171. The van der Waals surface area contributed by atoms with Crippen LogP contribution in [-0.2, 0) is 6.54 Å². The summed E-state index contributed by atoms with van der Waals surface area (Å²) in [5.74, 6) is 1.12. The molecule has 1 N–H and O–H groups in total. The number of carbonyl (C=O) groups is 1. The van der Waals surface area contributed by atoms with Crippen molar-refractivity contribution in [3.05, 3.63) is 60.7 Å². The van der Waals surface area contributed by atoms with E-state index in [4.69, 9.17) is 4.74 Å². The number of aromatic nitrogens is 4. The molecule has 0 saturated carbocycles. The minimum absolute atomic E-state index is 0.171. The average molecular weight is 337 g/mol. The van der Waals surface area contributed by atoms with E-state index < -0.39 is 0 Å². The lowest BCUT2D eigenvalue weighted by molar-refractivity contribution is 0.0952. The molecular weight excluding hydrogens is 318 g/mol. The first-order valence-electron chi connectivity index (χ1n) is 8.07. The number of hydrogen-bond donors (Lipinski definition) is 1. The first kappa shape index (κ1) is 16.6. The third kappa shape index (κ3) is 4.20. The Hall–Kier alpha value is -3.22. The van der Waals surface area contributed by atoms with Crippen LogP contribution in [-0.4, -0.2) is 38.6 Å². The molecule has 7 nitrogen and oxygen atoms in total. The van der Waals surface area contributed by atoms with E-state index in [1.807, 2.05) is 35.9 Å². The van der Waals surface area contributed by atoms with Crippen LogP contribution >= 0.6 is 0 Å². The van der Waals surface area contributed by atoms with Gasteiger partial charge in [0.2, 0.25) is 5.88 Å².